The lowest BCUT2D eigenvalue weighted by atomic mass is 10.1. The fourth-order valence-electron chi connectivity index (χ4n) is 1.90. The molecule has 118 valence electrons. The first-order valence-electron chi connectivity index (χ1n) is 7.27. The van der Waals surface area contributed by atoms with Crippen molar-refractivity contribution in [2.24, 2.45) is 0 Å². The standard InChI is InChI=1S/C19H19NO3/c1-15-9-11-16(12-10-15)19(21)20-13-5-6-14-23-18-8-4-3-7-17(18)22-2/h3-4,7-12H,13-14H2,1-2H3,(H,20,21). The number of ether oxygens (including phenoxy) is 2. The second-order valence-corrected chi connectivity index (χ2v) is 4.84. The summed E-state index contributed by atoms with van der Waals surface area (Å²) in [4.78, 5) is 11.9. The van der Waals surface area contributed by atoms with Gasteiger partial charge in [0.25, 0.3) is 5.91 Å². The van der Waals surface area contributed by atoms with Crippen LogP contribution in [-0.2, 0) is 0 Å². The van der Waals surface area contributed by atoms with E-state index in [1.165, 1.54) is 0 Å². The van der Waals surface area contributed by atoms with Gasteiger partial charge in [0, 0.05) is 5.56 Å². The van der Waals surface area contributed by atoms with Crippen LogP contribution < -0.4 is 14.8 Å². The van der Waals surface area contributed by atoms with Gasteiger partial charge in [-0.2, -0.15) is 0 Å². The van der Waals surface area contributed by atoms with Gasteiger partial charge in [0.15, 0.2) is 11.5 Å². The van der Waals surface area contributed by atoms with E-state index in [2.05, 4.69) is 17.2 Å². The molecule has 0 aliphatic rings. The second kappa shape index (κ2) is 8.50. The Kier molecular flexibility index (Phi) is 6.07. The fourth-order valence-corrected chi connectivity index (χ4v) is 1.90. The van der Waals surface area contributed by atoms with Crippen LogP contribution in [0.2, 0.25) is 0 Å². The number of hydrogen-bond acceptors (Lipinski definition) is 3. The SMILES string of the molecule is COc1ccccc1OCC#CCNC(=O)c1ccc(C)cc1. The molecular formula is C19H19NO3. The first-order valence-corrected chi connectivity index (χ1v) is 7.27. The molecule has 0 heterocycles. The lowest BCUT2D eigenvalue weighted by Gasteiger charge is -2.07. The molecule has 4 heteroatoms. The largest absolute Gasteiger partial charge is 0.493 e. The van der Waals surface area contributed by atoms with Crippen molar-refractivity contribution in [1.82, 2.24) is 5.32 Å². The van der Waals surface area contributed by atoms with Gasteiger partial charge in [-0.15, -0.1) is 0 Å². The number of aryl methyl sites for hydroxylation is 1. The molecule has 2 rings (SSSR count). The van der Waals surface area contributed by atoms with E-state index in [9.17, 15) is 4.79 Å². The van der Waals surface area contributed by atoms with Gasteiger partial charge in [0.1, 0.15) is 6.61 Å². The van der Waals surface area contributed by atoms with Crippen molar-refractivity contribution in [3.8, 4) is 23.3 Å². The summed E-state index contributed by atoms with van der Waals surface area (Å²) in [6, 6.07) is 14.8. The summed E-state index contributed by atoms with van der Waals surface area (Å²) < 4.78 is 10.7. The van der Waals surface area contributed by atoms with Crippen LogP contribution in [0, 0.1) is 18.8 Å². The molecule has 1 amide bonds. The average Bonchev–Trinajstić information content (AvgIpc) is 2.58. The van der Waals surface area contributed by atoms with Gasteiger partial charge >= 0.3 is 0 Å². The minimum absolute atomic E-state index is 0.134. The molecule has 1 N–H and O–H groups in total. The van der Waals surface area contributed by atoms with E-state index in [4.69, 9.17) is 9.47 Å². The number of amides is 1. The van der Waals surface area contributed by atoms with Gasteiger partial charge in [-0.1, -0.05) is 41.7 Å². The van der Waals surface area contributed by atoms with Crippen LogP contribution in [0.25, 0.3) is 0 Å². The smallest absolute Gasteiger partial charge is 0.252 e. The third kappa shape index (κ3) is 5.08. The lowest BCUT2D eigenvalue weighted by Crippen LogP contribution is -2.23. The van der Waals surface area contributed by atoms with Crippen molar-refractivity contribution in [3.63, 3.8) is 0 Å². The zero-order chi connectivity index (χ0) is 16.5. The van der Waals surface area contributed by atoms with Crippen LogP contribution in [0.15, 0.2) is 48.5 Å². The van der Waals surface area contributed by atoms with Crippen LogP contribution >= 0.6 is 0 Å². The quantitative estimate of drug-likeness (QED) is 0.864. The molecule has 0 aromatic heterocycles. The van der Waals surface area contributed by atoms with Gasteiger partial charge in [-0.05, 0) is 31.2 Å². The van der Waals surface area contributed by atoms with Crippen molar-refractivity contribution in [2.45, 2.75) is 6.92 Å². The van der Waals surface area contributed by atoms with E-state index < -0.39 is 0 Å². The molecule has 0 fully saturated rings. The third-order valence-corrected chi connectivity index (χ3v) is 3.15. The lowest BCUT2D eigenvalue weighted by molar-refractivity contribution is 0.0958. The van der Waals surface area contributed by atoms with Crippen LogP contribution in [0.1, 0.15) is 15.9 Å². The van der Waals surface area contributed by atoms with Crippen LogP contribution in [0.4, 0.5) is 0 Å². The maximum Gasteiger partial charge on any atom is 0.252 e. The topological polar surface area (TPSA) is 47.6 Å². The summed E-state index contributed by atoms with van der Waals surface area (Å²) in [7, 11) is 1.59. The summed E-state index contributed by atoms with van der Waals surface area (Å²) in [6.07, 6.45) is 0. The van der Waals surface area contributed by atoms with E-state index in [0.717, 1.165) is 5.56 Å². The van der Waals surface area contributed by atoms with Crippen LogP contribution in [-0.4, -0.2) is 26.2 Å². The predicted molar refractivity (Wildman–Crippen MR) is 89.8 cm³/mol. The number of para-hydroxylation sites is 2. The molecule has 0 aliphatic carbocycles. The number of hydrogen-bond donors (Lipinski definition) is 1. The zero-order valence-corrected chi connectivity index (χ0v) is 13.3. The molecule has 0 saturated heterocycles. The molecule has 2 aromatic carbocycles. The normalized spacial score (nSPS) is 9.48. The zero-order valence-electron chi connectivity index (χ0n) is 13.3. The molecule has 0 radical (unpaired) electrons. The van der Waals surface area contributed by atoms with Crippen molar-refractivity contribution in [2.75, 3.05) is 20.3 Å². The molecule has 0 spiro atoms. The molecule has 0 atom stereocenters. The maximum absolute atomic E-state index is 11.9. The molecule has 0 saturated carbocycles. The van der Waals surface area contributed by atoms with Gasteiger partial charge in [-0.25, -0.2) is 0 Å². The predicted octanol–water partition coefficient (Wildman–Crippen LogP) is 2.82. The Labute approximate surface area is 136 Å². The molecule has 23 heavy (non-hydrogen) atoms. The fraction of sp³-hybridized carbons (Fsp3) is 0.211. The molecular weight excluding hydrogens is 290 g/mol. The number of methoxy groups -OCH3 is 1. The minimum atomic E-state index is -0.134. The summed E-state index contributed by atoms with van der Waals surface area (Å²) in [6.45, 7) is 2.50. The van der Waals surface area contributed by atoms with E-state index in [-0.39, 0.29) is 19.1 Å². The summed E-state index contributed by atoms with van der Waals surface area (Å²) in [5, 5.41) is 2.75. The van der Waals surface area contributed by atoms with Gasteiger partial charge in [-0.3, -0.25) is 4.79 Å². The highest BCUT2D eigenvalue weighted by Crippen LogP contribution is 2.25. The Morgan fingerprint density at radius 1 is 1.04 bits per heavy atom. The minimum Gasteiger partial charge on any atom is -0.493 e. The van der Waals surface area contributed by atoms with Crippen molar-refractivity contribution >= 4 is 5.91 Å². The Hall–Kier alpha value is -2.93. The van der Waals surface area contributed by atoms with Gasteiger partial charge in [0.2, 0.25) is 0 Å². The first-order chi connectivity index (χ1) is 11.2. The van der Waals surface area contributed by atoms with Crippen molar-refractivity contribution in [3.05, 3.63) is 59.7 Å². The number of rotatable bonds is 5. The Morgan fingerprint density at radius 2 is 1.74 bits per heavy atom. The molecule has 2 aromatic rings. The van der Waals surface area contributed by atoms with E-state index in [0.29, 0.717) is 17.1 Å². The maximum atomic E-state index is 11.9. The first kappa shape index (κ1) is 16.4. The third-order valence-electron chi connectivity index (χ3n) is 3.15. The Balaban J connectivity index is 1.76. The Bertz CT molecular complexity index is 711. The number of nitrogens with one attached hydrogen (secondary N) is 1. The summed E-state index contributed by atoms with van der Waals surface area (Å²) in [5.41, 5.74) is 1.75. The highest BCUT2D eigenvalue weighted by molar-refractivity contribution is 5.94. The summed E-state index contributed by atoms with van der Waals surface area (Å²) >= 11 is 0. The molecule has 4 nitrogen and oxygen atoms in total. The number of carbonyl (C=O) groups is 1. The molecule has 0 bridgehead atoms. The monoisotopic (exact) mass is 309 g/mol. The second-order valence-electron chi connectivity index (χ2n) is 4.84. The van der Waals surface area contributed by atoms with E-state index in [1.807, 2.05) is 43.3 Å². The average molecular weight is 309 g/mol. The van der Waals surface area contributed by atoms with E-state index in [1.54, 1.807) is 19.2 Å². The van der Waals surface area contributed by atoms with Crippen LogP contribution in [0.5, 0.6) is 11.5 Å². The van der Waals surface area contributed by atoms with E-state index >= 15 is 0 Å². The highest BCUT2D eigenvalue weighted by atomic mass is 16.5. The van der Waals surface area contributed by atoms with Gasteiger partial charge < -0.3 is 14.8 Å². The Morgan fingerprint density at radius 3 is 2.43 bits per heavy atom. The molecule has 0 aliphatic heterocycles. The highest BCUT2D eigenvalue weighted by Gasteiger charge is 2.02. The van der Waals surface area contributed by atoms with Crippen molar-refractivity contribution < 1.29 is 14.3 Å². The van der Waals surface area contributed by atoms with Gasteiger partial charge in [0.05, 0.1) is 13.7 Å². The summed E-state index contributed by atoms with van der Waals surface area (Å²) in [5.74, 6) is 6.90. The van der Waals surface area contributed by atoms with Crippen LogP contribution in [0.3, 0.4) is 0 Å². The number of benzene rings is 2. The molecule has 0 unspecified atom stereocenters. The van der Waals surface area contributed by atoms with Crippen molar-refractivity contribution in [1.29, 1.82) is 0 Å². The number of carbonyl (C=O) groups excluding carboxylic acids is 1.